The van der Waals surface area contributed by atoms with Crippen LogP contribution in [0, 0.1) is 10.1 Å². The third kappa shape index (κ3) is 4.39. The lowest BCUT2D eigenvalue weighted by Crippen LogP contribution is -2.27. The number of benzene rings is 1. The molecule has 1 rings (SSSR count). The Morgan fingerprint density at radius 3 is 2.57 bits per heavy atom. The Hall–Kier alpha value is -2.20. The number of nitro groups is 1. The van der Waals surface area contributed by atoms with Gasteiger partial charge < -0.3 is 9.47 Å². The maximum absolute atomic E-state index is 12.0. The van der Waals surface area contributed by atoms with Crippen LogP contribution in [0.15, 0.2) is 23.1 Å². The Kier molecular flexibility index (Phi) is 5.61. The lowest BCUT2D eigenvalue weighted by atomic mass is 10.3. The Labute approximate surface area is 121 Å². The molecular weight excluding hydrogens is 304 g/mol. The minimum absolute atomic E-state index is 0.162. The highest BCUT2D eigenvalue weighted by Gasteiger charge is 2.26. The molecule has 1 N–H and O–H groups in total. The van der Waals surface area contributed by atoms with Gasteiger partial charge >= 0.3 is 5.97 Å². The molecule has 1 aromatic rings. The average molecular weight is 318 g/mol. The quantitative estimate of drug-likeness (QED) is 0.439. The zero-order valence-electron chi connectivity index (χ0n) is 11.4. The van der Waals surface area contributed by atoms with Crippen LogP contribution in [0.3, 0.4) is 0 Å². The number of carbonyl (C=O) groups excluding carboxylic acids is 1. The Balaban J connectivity index is 3.02. The molecule has 0 heterocycles. The Morgan fingerprint density at radius 1 is 1.38 bits per heavy atom. The molecule has 0 aliphatic carbocycles. The van der Waals surface area contributed by atoms with Gasteiger partial charge in [0.15, 0.2) is 4.90 Å². The fourth-order valence-electron chi connectivity index (χ4n) is 1.46. The van der Waals surface area contributed by atoms with E-state index in [4.69, 9.17) is 4.74 Å². The van der Waals surface area contributed by atoms with Gasteiger partial charge in [0.25, 0.3) is 5.69 Å². The predicted molar refractivity (Wildman–Crippen MR) is 71.5 cm³/mol. The van der Waals surface area contributed by atoms with Crippen LogP contribution < -0.4 is 9.46 Å². The van der Waals surface area contributed by atoms with E-state index in [1.165, 1.54) is 20.3 Å². The summed E-state index contributed by atoms with van der Waals surface area (Å²) >= 11 is 0. The van der Waals surface area contributed by atoms with Crippen molar-refractivity contribution in [3.05, 3.63) is 28.3 Å². The molecule has 0 spiro atoms. The molecule has 0 bridgehead atoms. The molecule has 0 fully saturated rings. The van der Waals surface area contributed by atoms with Crippen molar-refractivity contribution in [3.63, 3.8) is 0 Å². The summed E-state index contributed by atoms with van der Waals surface area (Å²) < 4.78 is 35.3. The molecule has 0 saturated heterocycles. The molecule has 0 saturated carbocycles. The van der Waals surface area contributed by atoms with Crippen molar-refractivity contribution in [3.8, 4) is 5.75 Å². The first-order valence-electron chi connectivity index (χ1n) is 5.70. The van der Waals surface area contributed by atoms with E-state index >= 15 is 0 Å². The summed E-state index contributed by atoms with van der Waals surface area (Å²) in [5, 5.41) is 10.9. The van der Waals surface area contributed by atoms with Gasteiger partial charge in [0.05, 0.1) is 31.6 Å². The van der Waals surface area contributed by atoms with E-state index in [9.17, 15) is 23.3 Å². The van der Waals surface area contributed by atoms with Crippen molar-refractivity contribution in [2.45, 2.75) is 11.3 Å². The average Bonchev–Trinajstić information content (AvgIpc) is 2.45. The zero-order chi connectivity index (χ0) is 16.0. The van der Waals surface area contributed by atoms with Gasteiger partial charge in [0.1, 0.15) is 5.75 Å². The number of nitro benzene ring substituents is 1. The van der Waals surface area contributed by atoms with Crippen molar-refractivity contribution in [2.24, 2.45) is 0 Å². The van der Waals surface area contributed by atoms with E-state index in [0.29, 0.717) is 0 Å². The number of hydrogen-bond donors (Lipinski definition) is 1. The standard InChI is InChI=1S/C11H14N2O7S/c1-19-8-3-4-10(9(7-8)13(15)16)21(17,18)12-6-5-11(14)20-2/h3-4,7,12H,5-6H2,1-2H3. The van der Waals surface area contributed by atoms with Crippen molar-refractivity contribution in [2.75, 3.05) is 20.8 Å². The van der Waals surface area contributed by atoms with Gasteiger partial charge in [-0.2, -0.15) is 0 Å². The van der Waals surface area contributed by atoms with Gasteiger partial charge in [0, 0.05) is 6.54 Å². The van der Waals surface area contributed by atoms with E-state index in [0.717, 1.165) is 12.1 Å². The monoisotopic (exact) mass is 318 g/mol. The minimum Gasteiger partial charge on any atom is -0.497 e. The molecule has 0 atom stereocenters. The predicted octanol–water partition coefficient (Wildman–Crippen LogP) is 0.445. The summed E-state index contributed by atoms with van der Waals surface area (Å²) in [6, 6.07) is 3.37. The smallest absolute Gasteiger partial charge is 0.306 e. The topological polar surface area (TPSA) is 125 Å². The molecule has 9 nitrogen and oxygen atoms in total. The molecule has 0 unspecified atom stereocenters. The SMILES string of the molecule is COC(=O)CCNS(=O)(=O)c1ccc(OC)cc1[N+](=O)[O-]. The van der Waals surface area contributed by atoms with Gasteiger partial charge in [-0.25, -0.2) is 13.1 Å². The van der Waals surface area contributed by atoms with Crippen LogP contribution in [-0.2, 0) is 19.6 Å². The van der Waals surface area contributed by atoms with E-state index in [-0.39, 0.29) is 18.7 Å². The van der Waals surface area contributed by atoms with E-state index in [2.05, 4.69) is 9.46 Å². The van der Waals surface area contributed by atoms with E-state index in [1.54, 1.807) is 0 Å². The van der Waals surface area contributed by atoms with Crippen LogP contribution in [0.4, 0.5) is 5.69 Å². The summed E-state index contributed by atoms with van der Waals surface area (Å²) in [6.07, 6.45) is -0.181. The molecule has 21 heavy (non-hydrogen) atoms. The molecule has 116 valence electrons. The third-order valence-electron chi connectivity index (χ3n) is 2.50. The summed E-state index contributed by atoms with van der Waals surface area (Å²) in [5.74, 6) is -0.433. The minimum atomic E-state index is -4.12. The second-order valence-electron chi connectivity index (χ2n) is 3.81. The Bertz CT molecular complexity index is 642. The largest absolute Gasteiger partial charge is 0.497 e. The van der Waals surface area contributed by atoms with Gasteiger partial charge in [-0.3, -0.25) is 14.9 Å². The van der Waals surface area contributed by atoms with Crippen LogP contribution in [0.1, 0.15) is 6.42 Å². The van der Waals surface area contributed by atoms with Crippen molar-refractivity contribution in [1.82, 2.24) is 4.72 Å². The highest BCUT2D eigenvalue weighted by Crippen LogP contribution is 2.28. The summed E-state index contributed by atoms with van der Waals surface area (Å²) in [4.78, 5) is 20.5. The van der Waals surface area contributed by atoms with Crippen molar-refractivity contribution < 1.29 is 27.6 Å². The molecule has 0 radical (unpaired) electrons. The second-order valence-corrected chi connectivity index (χ2v) is 5.55. The number of hydrogen-bond acceptors (Lipinski definition) is 7. The maximum atomic E-state index is 12.0. The fourth-order valence-corrected chi connectivity index (χ4v) is 2.64. The summed E-state index contributed by atoms with van der Waals surface area (Å²) in [7, 11) is -1.64. The maximum Gasteiger partial charge on any atom is 0.306 e. The van der Waals surface area contributed by atoms with Gasteiger partial charge in [-0.05, 0) is 12.1 Å². The normalized spacial score (nSPS) is 11.0. The number of sulfonamides is 1. The lowest BCUT2D eigenvalue weighted by molar-refractivity contribution is -0.387. The van der Waals surface area contributed by atoms with E-state index < -0.39 is 31.5 Å². The number of carbonyl (C=O) groups is 1. The lowest BCUT2D eigenvalue weighted by Gasteiger charge is -2.08. The third-order valence-corrected chi connectivity index (χ3v) is 4.01. The van der Waals surface area contributed by atoms with Crippen LogP contribution in [-0.4, -0.2) is 40.1 Å². The highest BCUT2D eigenvalue weighted by atomic mass is 32.2. The molecule has 0 aliphatic rings. The van der Waals surface area contributed by atoms with Crippen LogP contribution in [0.2, 0.25) is 0 Å². The van der Waals surface area contributed by atoms with Gasteiger partial charge in [-0.1, -0.05) is 0 Å². The molecule has 0 amide bonds. The van der Waals surface area contributed by atoms with Crippen LogP contribution in [0.5, 0.6) is 5.75 Å². The molecule has 10 heteroatoms. The number of nitrogens with zero attached hydrogens (tertiary/aromatic N) is 1. The van der Waals surface area contributed by atoms with Crippen molar-refractivity contribution >= 4 is 21.7 Å². The number of nitrogens with one attached hydrogen (secondary N) is 1. The van der Waals surface area contributed by atoms with Crippen LogP contribution in [0.25, 0.3) is 0 Å². The Morgan fingerprint density at radius 2 is 2.05 bits per heavy atom. The summed E-state index contributed by atoms with van der Waals surface area (Å²) in [5.41, 5.74) is -0.611. The van der Waals surface area contributed by atoms with Crippen LogP contribution >= 0.6 is 0 Å². The highest BCUT2D eigenvalue weighted by molar-refractivity contribution is 7.89. The first-order valence-corrected chi connectivity index (χ1v) is 7.19. The van der Waals surface area contributed by atoms with Crippen molar-refractivity contribution in [1.29, 1.82) is 0 Å². The first kappa shape index (κ1) is 16.9. The zero-order valence-corrected chi connectivity index (χ0v) is 12.2. The second kappa shape index (κ2) is 6.99. The molecule has 0 aliphatic heterocycles. The molecule has 0 aromatic heterocycles. The van der Waals surface area contributed by atoms with Gasteiger partial charge in [0.2, 0.25) is 10.0 Å². The molecule has 1 aromatic carbocycles. The number of methoxy groups -OCH3 is 2. The number of ether oxygens (including phenoxy) is 2. The summed E-state index contributed by atoms with van der Waals surface area (Å²) in [6.45, 7) is -0.224. The number of rotatable bonds is 7. The first-order chi connectivity index (χ1) is 9.81. The van der Waals surface area contributed by atoms with E-state index in [1.807, 2.05) is 0 Å². The van der Waals surface area contributed by atoms with Gasteiger partial charge in [-0.15, -0.1) is 0 Å². The fraction of sp³-hybridized carbons (Fsp3) is 0.364. The molecular formula is C11H14N2O7S. The number of esters is 1.